The molecule has 0 saturated heterocycles. The topological polar surface area (TPSA) is 85.2 Å². The lowest BCUT2D eigenvalue weighted by Crippen LogP contribution is -2.22. The summed E-state index contributed by atoms with van der Waals surface area (Å²) < 4.78 is 0. The number of rotatable bonds is 3. The molecule has 0 aliphatic heterocycles. The maximum absolute atomic E-state index is 9.48. The number of aromatic nitrogens is 1. The Hall–Kier alpha value is -0.360. The Morgan fingerprint density at radius 1 is 1.75 bits per heavy atom. The third-order valence-electron chi connectivity index (χ3n) is 1.41. The maximum atomic E-state index is 9.48. The van der Waals surface area contributed by atoms with Gasteiger partial charge in [0.25, 0.3) is 0 Å². The smallest absolute Gasteiger partial charge is 0.180 e. The van der Waals surface area contributed by atoms with E-state index in [1.165, 1.54) is 11.3 Å². The second-order valence-electron chi connectivity index (χ2n) is 2.31. The normalized spacial score (nSPS) is 15.9. The standard InChI is InChI=1S/C6H10ClN3OS/c7-3(1-8)5(11)4-2-12-6(9)10-4/h2-3,5,11H,1,8H2,(H2,9,10). The SMILES string of the molecule is NCC(Cl)C(O)c1csc(N)n1. The van der Waals surface area contributed by atoms with Crippen LogP contribution in [0.15, 0.2) is 5.38 Å². The molecule has 0 bridgehead atoms. The zero-order valence-electron chi connectivity index (χ0n) is 6.27. The van der Waals surface area contributed by atoms with E-state index in [1.807, 2.05) is 0 Å². The highest BCUT2D eigenvalue weighted by Crippen LogP contribution is 2.22. The zero-order valence-corrected chi connectivity index (χ0v) is 7.85. The van der Waals surface area contributed by atoms with Crippen molar-refractivity contribution in [3.8, 4) is 0 Å². The fraction of sp³-hybridized carbons (Fsp3) is 0.500. The molecule has 0 aliphatic carbocycles. The van der Waals surface area contributed by atoms with Crippen molar-refractivity contribution in [1.29, 1.82) is 0 Å². The Labute approximate surface area is 79.2 Å². The van der Waals surface area contributed by atoms with Crippen LogP contribution in [0.1, 0.15) is 11.8 Å². The van der Waals surface area contributed by atoms with Gasteiger partial charge in [0, 0.05) is 11.9 Å². The van der Waals surface area contributed by atoms with Gasteiger partial charge in [0.2, 0.25) is 0 Å². The summed E-state index contributed by atoms with van der Waals surface area (Å²) in [6.45, 7) is 0.208. The van der Waals surface area contributed by atoms with Gasteiger partial charge in [-0.2, -0.15) is 0 Å². The predicted octanol–water partition coefficient (Wildman–Crippen LogP) is 0.325. The predicted molar refractivity (Wildman–Crippen MR) is 50.2 cm³/mol. The van der Waals surface area contributed by atoms with Crippen LogP contribution < -0.4 is 11.5 Å². The molecule has 1 aromatic heterocycles. The van der Waals surface area contributed by atoms with Crippen LogP contribution in [-0.4, -0.2) is 22.0 Å². The highest BCUT2D eigenvalue weighted by Gasteiger charge is 2.19. The van der Waals surface area contributed by atoms with Crippen LogP contribution in [0.2, 0.25) is 0 Å². The van der Waals surface area contributed by atoms with E-state index in [9.17, 15) is 5.11 Å². The average molecular weight is 208 g/mol. The van der Waals surface area contributed by atoms with E-state index in [0.29, 0.717) is 10.8 Å². The summed E-state index contributed by atoms with van der Waals surface area (Å²) in [7, 11) is 0. The van der Waals surface area contributed by atoms with Gasteiger partial charge >= 0.3 is 0 Å². The van der Waals surface area contributed by atoms with Crippen molar-refractivity contribution in [2.75, 3.05) is 12.3 Å². The molecule has 0 amide bonds. The van der Waals surface area contributed by atoms with Crippen molar-refractivity contribution in [3.05, 3.63) is 11.1 Å². The molecule has 68 valence electrons. The van der Waals surface area contributed by atoms with Gasteiger partial charge in [-0.25, -0.2) is 4.98 Å². The lowest BCUT2D eigenvalue weighted by Gasteiger charge is -2.11. The van der Waals surface area contributed by atoms with Gasteiger partial charge in [-0.3, -0.25) is 0 Å². The quantitative estimate of drug-likeness (QED) is 0.624. The van der Waals surface area contributed by atoms with Crippen molar-refractivity contribution >= 4 is 28.1 Å². The zero-order chi connectivity index (χ0) is 9.14. The molecule has 0 fully saturated rings. The molecule has 2 unspecified atom stereocenters. The Morgan fingerprint density at radius 2 is 2.42 bits per heavy atom. The van der Waals surface area contributed by atoms with E-state index in [4.69, 9.17) is 23.1 Å². The number of aliphatic hydroxyl groups excluding tert-OH is 1. The number of nitrogens with two attached hydrogens (primary N) is 2. The van der Waals surface area contributed by atoms with Crippen LogP contribution in [0.25, 0.3) is 0 Å². The lowest BCUT2D eigenvalue weighted by atomic mass is 10.2. The summed E-state index contributed by atoms with van der Waals surface area (Å²) in [6, 6.07) is 0. The number of hydrogen-bond acceptors (Lipinski definition) is 5. The number of nitrogens with zero attached hydrogens (tertiary/aromatic N) is 1. The van der Waals surface area contributed by atoms with Gasteiger partial charge in [-0.1, -0.05) is 0 Å². The third kappa shape index (κ3) is 2.07. The molecule has 0 aromatic carbocycles. The summed E-state index contributed by atoms with van der Waals surface area (Å²) in [5.74, 6) is 0. The summed E-state index contributed by atoms with van der Waals surface area (Å²) in [4.78, 5) is 3.89. The second-order valence-corrected chi connectivity index (χ2v) is 3.76. The van der Waals surface area contributed by atoms with Crippen molar-refractivity contribution in [3.63, 3.8) is 0 Å². The minimum Gasteiger partial charge on any atom is -0.385 e. The molecule has 0 spiro atoms. The first kappa shape index (κ1) is 9.73. The number of halogens is 1. The molecule has 2 atom stereocenters. The second kappa shape index (κ2) is 4.04. The van der Waals surface area contributed by atoms with E-state index >= 15 is 0 Å². The Bertz CT molecular complexity index is 255. The molecule has 0 radical (unpaired) electrons. The summed E-state index contributed by atoms with van der Waals surface area (Å²) in [5, 5.41) is 11.1. The number of hydrogen-bond donors (Lipinski definition) is 3. The molecule has 1 aromatic rings. The lowest BCUT2D eigenvalue weighted by molar-refractivity contribution is 0.170. The highest BCUT2D eigenvalue weighted by molar-refractivity contribution is 7.13. The minimum atomic E-state index is -0.829. The molecule has 12 heavy (non-hydrogen) atoms. The molecule has 1 rings (SSSR count). The van der Waals surface area contributed by atoms with Gasteiger partial charge in [0.05, 0.1) is 11.1 Å². The van der Waals surface area contributed by atoms with Gasteiger partial charge in [0.15, 0.2) is 5.13 Å². The largest absolute Gasteiger partial charge is 0.385 e. The van der Waals surface area contributed by atoms with Crippen LogP contribution in [0, 0.1) is 0 Å². The van der Waals surface area contributed by atoms with E-state index in [2.05, 4.69) is 4.98 Å². The van der Waals surface area contributed by atoms with Crippen molar-refractivity contribution in [2.24, 2.45) is 5.73 Å². The Kier molecular flexibility index (Phi) is 3.28. The van der Waals surface area contributed by atoms with E-state index in [1.54, 1.807) is 5.38 Å². The molecule has 6 heteroatoms. The number of nitrogen functional groups attached to an aromatic ring is 1. The fourth-order valence-electron chi connectivity index (χ4n) is 0.751. The van der Waals surface area contributed by atoms with Gasteiger partial charge in [-0.15, -0.1) is 22.9 Å². The molecule has 0 aliphatic rings. The minimum absolute atomic E-state index is 0.208. The van der Waals surface area contributed by atoms with Crippen molar-refractivity contribution < 1.29 is 5.11 Å². The van der Waals surface area contributed by atoms with Crippen LogP contribution in [-0.2, 0) is 0 Å². The number of alkyl halides is 1. The van der Waals surface area contributed by atoms with Crippen LogP contribution in [0.4, 0.5) is 5.13 Å². The number of aliphatic hydroxyl groups is 1. The first-order valence-corrected chi connectivity index (χ1v) is 4.70. The molecule has 4 nitrogen and oxygen atoms in total. The average Bonchev–Trinajstić information content (AvgIpc) is 2.49. The van der Waals surface area contributed by atoms with Crippen LogP contribution in [0.5, 0.6) is 0 Å². The van der Waals surface area contributed by atoms with Crippen LogP contribution in [0.3, 0.4) is 0 Å². The first-order chi connectivity index (χ1) is 5.65. The number of thiazole rings is 1. The monoisotopic (exact) mass is 207 g/mol. The van der Waals surface area contributed by atoms with E-state index in [-0.39, 0.29) is 6.54 Å². The fourth-order valence-corrected chi connectivity index (χ4v) is 1.47. The van der Waals surface area contributed by atoms with Crippen LogP contribution >= 0.6 is 22.9 Å². The Morgan fingerprint density at radius 3 is 2.83 bits per heavy atom. The Balaban J connectivity index is 2.70. The van der Waals surface area contributed by atoms with Crippen molar-refractivity contribution in [2.45, 2.75) is 11.5 Å². The maximum Gasteiger partial charge on any atom is 0.180 e. The number of anilines is 1. The van der Waals surface area contributed by atoms with Gasteiger partial charge in [0.1, 0.15) is 6.10 Å². The molecular formula is C6H10ClN3OS. The highest BCUT2D eigenvalue weighted by atomic mass is 35.5. The van der Waals surface area contributed by atoms with Gasteiger partial charge < -0.3 is 16.6 Å². The van der Waals surface area contributed by atoms with E-state index in [0.717, 1.165) is 0 Å². The van der Waals surface area contributed by atoms with E-state index < -0.39 is 11.5 Å². The first-order valence-electron chi connectivity index (χ1n) is 3.38. The molecule has 5 N–H and O–H groups in total. The summed E-state index contributed by atoms with van der Waals surface area (Å²) in [5.41, 5.74) is 11.1. The molecule has 1 heterocycles. The summed E-state index contributed by atoms with van der Waals surface area (Å²) in [6.07, 6.45) is -0.829. The van der Waals surface area contributed by atoms with Gasteiger partial charge in [-0.05, 0) is 0 Å². The molecule has 0 saturated carbocycles. The summed E-state index contributed by atoms with van der Waals surface area (Å²) >= 11 is 6.98. The third-order valence-corrected chi connectivity index (χ3v) is 2.52. The molecular weight excluding hydrogens is 198 g/mol. The van der Waals surface area contributed by atoms with Crippen molar-refractivity contribution in [1.82, 2.24) is 4.98 Å².